The van der Waals surface area contributed by atoms with Crippen LogP contribution in [0.4, 0.5) is 4.39 Å². The molecule has 1 aromatic heterocycles. The molecular formula is C25H31FN2O6. The number of Topliss-reactive ketones (excluding diaryl/α,β-unsaturated/α-hetero) is 1. The summed E-state index contributed by atoms with van der Waals surface area (Å²) in [4.78, 5) is 40.4. The van der Waals surface area contributed by atoms with Gasteiger partial charge in [-0.1, -0.05) is 19.9 Å². The minimum atomic E-state index is -0.623. The highest BCUT2D eigenvalue weighted by Crippen LogP contribution is 2.32. The van der Waals surface area contributed by atoms with Gasteiger partial charge in [-0.3, -0.25) is 19.7 Å². The summed E-state index contributed by atoms with van der Waals surface area (Å²) in [6.45, 7) is 8.40. The van der Waals surface area contributed by atoms with Crippen molar-refractivity contribution in [2.75, 3.05) is 20.2 Å². The largest absolute Gasteiger partial charge is 0.493 e. The normalized spacial score (nSPS) is 12.7. The fraction of sp³-hybridized carbons (Fsp3) is 0.440. The molecule has 2 rings (SSSR count). The Bertz CT molecular complexity index is 1040. The van der Waals surface area contributed by atoms with E-state index in [2.05, 4.69) is 10.3 Å². The Morgan fingerprint density at radius 2 is 1.82 bits per heavy atom. The van der Waals surface area contributed by atoms with Crippen molar-refractivity contribution in [1.82, 2.24) is 10.3 Å². The molecule has 0 saturated heterocycles. The molecule has 1 heterocycles. The number of hydrogen-bond donors (Lipinski definition) is 1. The van der Waals surface area contributed by atoms with Crippen molar-refractivity contribution >= 4 is 17.7 Å². The van der Waals surface area contributed by atoms with Crippen molar-refractivity contribution in [3.63, 3.8) is 0 Å². The highest BCUT2D eigenvalue weighted by atomic mass is 19.1. The molecule has 0 fully saturated rings. The molecule has 9 heteroatoms. The number of ether oxygens (including phenoxy) is 3. The van der Waals surface area contributed by atoms with Gasteiger partial charge >= 0.3 is 11.9 Å². The molecule has 0 radical (unpaired) electrons. The Morgan fingerprint density at radius 3 is 2.41 bits per heavy atom. The fourth-order valence-electron chi connectivity index (χ4n) is 3.88. The molecule has 8 nitrogen and oxygen atoms in total. The molecule has 0 saturated carbocycles. The lowest BCUT2D eigenvalue weighted by Gasteiger charge is -2.29. The summed E-state index contributed by atoms with van der Waals surface area (Å²) in [5.41, 5.74) is 1.62. The summed E-state index contributed by atoms with van der Waals surface area (Å²) in [6.07, 6.45) is 0.892. The minimum absolute atomic E-state index is 0.0741. The fourth-order valence-corrected chi connectivity index (χ4v) is 3.88. The van der Waals surface area contributed by atoms with Crippen LogP contribution < -0.4 is 14.8 Å². The number of carbonyl (C=O) groups is 3. The third-order valence-electron chi connectivity index (χ3n) is 5.29. The molecule has 0 spiro atoms. The Hall–Kier alpha value is -3.33. The number of aryl methyl sites for hydroxylation is 1. The first-order chi connectivity index (χ1) is 16.0. The molecule has 1 aromatic carbocycles. The first kappa shape index (κ1) is 26.9. The monoisotopic (exact) mass is 474 g/mol. The van der Waals surface area contributed by atoms with Crippen LogP contribution in [0.15, 0.2) is 30.5 Å². The predicted octanol–water partition coefficient (Wildman–Crippen LogP) is 3.61. The Balaban J connectivity index is 2.00. The van der Waals surface area contributed by atoms with E-state index in [0.717, 1.165) is 11.1 Å². The van der Waals surface area contributed by atoms with Crippen LogP contribution in [0.1, 0.15) is 55.2 Å². The number of benzene rings is 1. The van der Waals surface area contributed by atoms with Crippen molar-refractivity contribution in [3.8, 4) is 11.5 Å². The number of carbonyl (C=O) groups excluding carboxylic acids is 3. The number of esters is 2. The lowest BCUT2D eigenvalue weighted by Crippen LogP contribution is -2.34. The Kier molecular flexibility index (Phi) is 9.68. The molecule has 2 atom stereocenters. The summed E-state index contributed by atoms with van der Waals surface area (Å²) < 4.78 is 29.3. The van der Waals surface area contributed by atoms with Gasteiger partial charge in [0, 0.05) is 25.1 Å². The van der Waals surface area contributed by atoms with Crippen LogP contribution in [0, 0.1) is 18.7 Å². The molecule has 0 amide bonds. The molecule has 0 bridgehead atoms. The summed E-state index contributed by atoms with van der Waals surface area (Å²) in [5, 5.41) is 2.74. The number of pyridine rings is 1. The molecule has 184 valence electrons. The highest BCUT2D eigenvalue weighted by molar-refractivity contribution is 5.99. The van der Waals surface area contributed by atoms with Gasteiger partial charge in [0.2, 0.25) is 5.75 Å². The van der Waals surface area contributed by atoms with Crippen LogP contribution in [0.5, 0.6) is 11.5 Å². The molecule has 0 aliphatic heterocycles. The van der Waals surface area contributed by atoms with Gasteiger partial charge in [0.25, 0.3) is 0 Å². The van der Waals surface area contributed by atoms with Gasteiger partial charge in [-0.15, -0.1) is 0 Å². The number of nitrogens with zero attached hydrogens (tertiary/aromatic N) is 1. The second-order valence-electron chi connectivity index (χ2n) is 8.28. The van der Waals surface area contributed by atoms with Crippen LogP contribution in [-0.2, 0) is 14.3 Å². The third-order valence-corrected chi connectivity index (χ3v) is 5.29. The standard InChI is InChI=1S/C25H31FN2O6/c1-14(2)23(19-8-7-18(26)11-15(19)3)16(4)33-22(31)13-27-12-20(30)24-25(34-17(5)29)21(32-6)9-10-28-24/h7-11,14,16,23,27H,12-13H2,1-6H3/t16-,23+/m0/s1. The quantitative estimate of drug-likeness (QED) is 0.389. The van der Waals surface area contributed by atoms with Crippen LogP contribution in [0.2, 0.25) is 0 Å². The third kappa shape index (κ3) is 7.08. The SMILES string of the molecule is COc1ccnc(C(=O)CNCC(=O)O[C@@H](C)[C@H](c2ccc(F)cc2C)C(C)C)c1OC(C)=O. The van der Waals surface area contributed by atoms with Gasteiger partial charge in [-0.05, 0) is 43.0 Å². The first-order valence-corrected chi connectivity index (χ1v) is 11.0. The lowest BCUT2D eigenvalue weighted by molar-refractivity contribution is -0.148. The van der Waals surface area contributed by atoms with Crippen LogP contribution in [0.25, 0.3) is 0 Å². The van der Waals surface area contributed by atoms with Crippen LogP contribution >= 0.6 is 0 Å². The number of methoxy groups -OCH3 is 1. The molecule has 34 heavy (non-hydrogen) atoms. The first-order valence-electron chi connectivity index (χ1n) is 11.0. The maximum atomic E-state index is 13.5. The molecule has 1 N–H and O–H groups in total. The van der Waals surface area contributed by atoms with Gasteiger partial charge in [-0.25, -0.2) is 9.37 Å². The molecule has 0 aliphatic rings. The smallest absolute Gasteiger partial charge is 0.320 e. The second-order valence-corrected chi connectivity index (χ2v) is 8.28. The molecular weight excluding hydrogens is 443 g/mol. The molecule has 0 aliphatic carbocycles. The number of nitrogens with one attached hydrogen (secondary N) is 1. The van der Waals surface area contributed by atoms with Gasteiger partial charge in [0.05, 0.1) is 20.2 Å². The van der Waals surface area contributed by atoms with Gasteiger partial charge < -0.3 is 14.2 Å². The topological polar surface area (TPSA) is 104 Å². The lowest BCUT2D eigenvalue weighted by atomic mass is 9.82. The molecule has 0 unspecified atom stereocenters. The van der Waals surface area contributed by atoms with E-state index in [1.807, 2.05) is 20.8 Å². The van der Waals surface area contributed by atoms with E-state index in [0.29, 0.717) is 0 Å². The zero-order valence-electron chi connectivity index (χ0n) is 20.3. The van der Waals surface area contributed by atoms with E-state index in [1.165, 1.54) is 38.4 Å². The summed E-state index contributed by atoms with van der Waals surface area (Å²) in [6, 6.07) is 6.05. The van der Waals surface area contributed by atoms with E-state index in [1.54, 1.807) is 13.0 Å². The number of halogens is 1. The summed E-state index contributed by atoms with van der Waals surface area (Å²) in [5.74, 6) is -1.83. The maximum Gasteiger partial charge on any atom is 0.320 e. The van der Waals surface area contributed by atoms with Crippen LogP contribution in [0.3, 0.4) is 0 Å². The van der Waals surface area contributed by atoms with Gasteiger partial charge in [-0.2, -0.15) is 0 Å². The predicted molar refractivity (Wildman–Crippen MR) is 124 cm³/mol. The number of hydrogen-bond acceptors (Lipinski definition) is 8. The second kappa shape index (κ2) is 12.2. The maximum absolute atomic E-state index is 13.5. The van der Waals surface area contributed by atoms with Crippen molar-refractivity contribution < 1.29 is 33.0 Å². The van der Waals surface area contributed by atoms with Gasteiger partial charge in [0.1, 0.15) is 11.9 Å². The Morgan fingerprint density at radius 1 is 1.12 bits per heavy atom. The van der Waals surface area contributed by atoms with E-state index in [-0.39, 0.29) is 47.9 Å². The Labute approximate surface area is 198 Å². The van der Waals surface area contributed by atoms with Crippen molar-refractivity contribution in [2.45, 2.75) is 46.6 Å². The minimum Gasteiger partial charge on any atom is -0.493 e. The number of ketones is 1. The van der Waals surface area contributed by atoms with Crippen molar-refractivity contribution in [3.05, 3.63) is 53.1 Å². The van der Waals surface area contributed by atoms with E-state index >= 15 is 0 Å². The average Bonchev–Trinajstić information content (AvgIpc) is 2.74. The van der Waals surface area contributed by atoms with Gasteiger partial charge in [0.15, 0.2) is 17.2 Å². The zero-order chi connectivity index (χ0) is 25.4. The van der Waals surface area contributed by atoms with E-state index in [4.69, 9.17) is 14.2 Å². The van der Waals surface area contributed by atoms with Crippen molar-refractivity contribution in [1.29, 1.82) is 0 Å². The van der Waals surface area contributed by atoms with E-state index < -0.39 is 23.8 Å². The zero-order valence-corrected chi connectivity index (χ0v) is 20.3. The summed E-state index contributed by atoms with van der Waals surface area (Å²) in [7, 11) is 1.38. The average molecular weight is 475 g/mol. The van der Waals surface area contributed by atoms with Crippen molar-refractivity contribution in [2.24, 2.45) is 5.92 Å². The van der Waals surface area contributed by atoms with Crippen LogP contribution in [-0.4, -0.2) is 49.0 Å². The highest BCUT2D eigenvalue weighted by Gasteiger charge is 2.27. The molecule has 2 aromatic rings. The summed E-state index contributed by atoms with van der Waals surface area (Å²) >= 11 is 0. The number of rotatable bonds is 11. The number of aromatic nitrogens is 1. The van der Waals surface area contributed by atoms with E-state index in [9.17, 15) is 18.8 Å².